The number of ether oxygens (including phenoxy) is 2. The van der Waals surface area contributed by atoms with Gasteiger partial charge in [-0.3, -0.25) is 29.0 Å². The normalized spacial score (nSPS) is 16.4. The van der Waals surface area contributed by atoms with Gasteiger partial charge in [0.15, 0.2) is 17.5 Å². The first kappa shape index (κ1) is 75.7. The van der Waals surface area contributed by atoms with Crippen LogP contribution in [0.5, 0.6) is 5.75 Å². The highest BCUT2D eigenvalue weighted by Gasteiger charge is 2.44. The number of carboxylic acid groups (broad SMARTS) is 1. The number of carboxylic acids is 1. The minimum atomic E-state index is -0.927. The third-order valence-electron chi connectivity index (χ3n) is 18.7. The third-order valence-corrected chi connectivity index (χ3v) is 18.7. The standard InChI is InChI=1S/C79H107N9O9/c1-8-10-19-51-88-68-34-18-16-32-65(68)79(6,7)71(88)43-39-60-27-20-26-59(38-42-70-78(4,5)64-31-15-17-33-67(64)87(70)50-11-9-2)74(60)97-63-40-36-57(37-41-63)45-49-82-75(94)61(28-21-47-83-76(80)81)55-69(90)66(54-58-24-13-12-14-25-58)86-72(91)46-53-96-52-23-30-62(89)29-22-48-84-77(95)85-56(3)35-44-73(92)93/h12-18,24-25,31-34,36-43,56,61,66H,8-11,19-23,26-30,35,44-55H2,1-7H3,(H8-,80,81,82,83,84,85,86,91,92,93,94,95)/p+1/t56-,61+,66-/m0/s1. The predicted molar refractivity (Wildman–Crippen MR) is 387 cm³/mol. The lowest BCUT2D eigenvalue weighted by Crippen LogP contribution is -2.44. The second kappa shape index (κ2) is 38.3. The number of urea groups is 1. The molecule has 1 aliphatic carbocycles. The number of hydrogen-bond donors (Lipinski definition) is 7. The average molecular weight is 1330 g/mol. The maximum Gasteiger partial charge on any atom is 0.314 e. The number of amides is 4. The minimum Gasteiger partial charge on any atom is -0.481 e. The van der Waals surface area contributed by atoms with E-state index < -0.39 is 24.0 Å². The number of aliphatic carboxylic acids is 1. The highest BCUT2D eigenvalue weighted by Crippen LogP contribution is 2.48. The van der Waals surface area contributed by atoms with E-state index in [9.17, 15) is 28.8 Å². The Bertz CT molecular complexity index is 3490. The summed E-state index contributed by atoms with van der Waals surface area (Å²) in [6.45, 7) is 18.7. The van der Waals surface area contributed by atoms with Gasteiger partial charge in [0.2, 0.25) is 17.5 Å². The third kappa shape index (κ3) is 23.0. The summed E-state index contributed by atoms with van der Waals surface area (Å²) >= 11 is 0. The van der Waals surface area contributed by atoms with Crippen molar-refractivity contribution in [2.45, 2.75) is 200 Å². The molecule has 18 nitrogen and oxygen atoms in total. The summed E-state index contributed by atoms with van der Waals surface area (Å²) in [6, 6.07) is 33.5. The summed E-state index contributed by atoms with van der Waals surface area (Å²) in [5.74, 6) is -1.04. The van der Waals surface area contributed by atoms with Crippen molar-refractivity contribution in [1.82, 2.24) is 21.3 Å². The van der Waals surface area contributed by atoms with Gasteiger partial charge in [-0.25, -0.2) is 4.79 Å². The number of benzene rings is 4. The Hall–Kier alpha value is -8.64. The van der Waals surface area contributed by atoms with Crippen molar-refractivity contribution in [2.24, 2.45) is 22.4 Å². The van der Waals surface area contributed by atoms with E-state index in [-0.39, 0.29) is 104 Å². The highest BCUT2D eigenvalue weighted by molar-refractivity contribution is 6.03. The van der Waals surface area contributed by atoms with Gasteiger partial charge in [0.05, 0.1) is 18.1 Å². The molecule has 0 bridgehead atoms. The molecule has 0 radical (unpaired) electrons. The van der Waals surface area contributed by atoms with Crippen LogP contribution in [0.3, 0.4) is 0 Å². The fourth-order valence-corrected chi connectivity index (χ4v) is 13.2. The van der Waals surface area contributed by atoms with Crippen molar-refractivity contribution in [3.63, 3.8) is 0 Å². The van der Waals surface area contributed by atoms with Crippen molar-refractivity contribution in [2.75, 3.05) is 50.8 Å². The monoisotopic (exact) mass is 1330 g/mol. The van der Waals surface area contributed by atoms with Crippen LogP contribution in [0, 0.1) is 5.92 Å². The van der Waals surface area contributed by atoms with Crippen LogP contribution in [-0.2, 0) is 52.4 Å². The lowest BCUT2D eigenvalue weighted by molar-refractivity contribution is -0.438. The molecule has 2 heterocycles. The summed E-state index contributed by atoms with van der Waals surface area (Å²) in [4.78, 5) is 84.1. The zero-order valence-electron chi connectivity index (χ0n) is 58.7. The highest BCUT2D eigenvalue weighted by atomic mass is 16.5. The van der Waals surface area contributed by atoms with Crippen molar-refractivity contribution in [1.29, 1.82) is 0 Å². The minimum absolute atomic E-state index is 0.0171. The Morgan fingerprint density at radius 2 is 1.43 bits per heavy atom. The number of fused-ring (bicyclic) bond motifs is 2. The van der Waals surface area contributed by atoms with Gasteiger partial charge in [0.25, 0.3) is 0 Å². The van der Waals surface area contributed by atoms with Crippen LogP contribution in [0.2, 0.25) is 0 Å². The number of para-hydroxylation sites is 2. The van der Waals surface area contributed by atoms with E-state index in [0.29, 0.717) is 51.6 Å². The number of aliphatic imine (C=N–C) groups is 1. The predicted octanol–water partition coefficient (Wildman–Crippen LogP) is 12.8. The second-order valence-corrected chi connectivity index (χ2v) is 27.1. The first-order valence-electron chi connectivity index (χ1n) is 35.5. The topological polar surface area (TPSA) is 260 Å². The second-order valence-electron chi connectivity index (χ2n) is 27.1. The van der Waals surface area contributed by atoms with Crippen molar-refractivity contribution >= 4 is 58.4 Å². The van der Waals surface area contributed by atoms with Crippen LogP contribution in [-0.4, -0.2) is 115 Å². The Kier molecular flexibility index (Phi) is 29.9. The van der Waals surface area contributed by atoms with Gasteiger partial charge in [-0.15, -0.1) is 0 Å². The molecule has 0 fully saturated rings. The van der Waals surface area contributed by atoms with Crippen LogP contribution in [0.4, 0.5) is 16.2 Å². The van der Waals surface area contributed by atoms with Gasteiger partial charge in [0.1, 0.15) is 23.8 Å². The molecule has 4 amide bonds. The van der Waals surface area contributed by atoms with Crippen LogP contribution < -0.4 is 42.4 Å². The van der Waals surface area contributed by atoms with E-state index >= 15 is 0 Å². The number of guanidine groups is 1. The number of Topliss-reactive ketones (excluding diaryl/α,β-unsaturated/α-hetero) is 2. The van der Waals surface area contributed by atoms with Crippen LogP contribution in [0.1, 0.15) is 186 Å². The van der Waals surface area contributed by atoms with E-state index in [1.807, 2.05) is 54.6 Å². The Labute approximate surface area is 576 Å². The largest absolute Gasteiger partial charge is 0.481 e. The molecular formula is C79H108N9O9+. The molecule has 18 heteroatoms. The number of anilines is 1. The van der Waals surface area contributed by atoms with Gasteiger partial charge in [-0.2, -0.15) is 4.58 Å². The van der Waals surface area contributed by atoms with Crippen molar-refractivity contribution in [3.8, 4) is 5.75 Å². The first-order valence-corrected chi connectivity index (χ1v) is 35.5. The number of nitrogens with two attached hydrogens (primary N) is 2. The number of unbranched alkanes of at least 4 members (excludes halogenated alkanes) is 3. The number of allylic oxidation sites excluding steroid dienone is 7. The Balaban J connectivity index is 1.00. The summed E-state index contributed by atoms with van der Waals surface area (Å²) < 4.78 is 15.4. The van der Waals surface area contributed by atoms with Crippen LogP contribution in [0.15, 0.2) is 155 Å². The van der Waals surface area contributed by atoms with Crippen molar-refractivity contribution < 1.29 is 47.9 Å². The Morgan fingerprint density at radius 1 is 0.711 bits per heavy atom. The van der Waals surface area contributed by atoms with E-state index in [1.54, 1.807) is 6.92 Å². The molecule has 0 saturated heterocycles. The number of rotatable bonds is 41. The quantitative estimate of drug-likeness (QED) is 0.00947. The molecule has 0 unspecified atom stereocenters. The maximum atomic E-state index is 14.4. The smallest absolute Gasteiger partial charge is 0.314 e. The van der Waals surface area contributed by atoms with E-state index in [2.05, 4.69) is 150 Å². The number of carbonyl (C=O) groups is 6. The molecule has 9 N–H and O–H groups in total. The fraction of sp³-hybridized carbons (Fsp3) is 0.494. The fourth-order valence-electron chi connectivity index (χ4n) is 13.2. The zero-order valence-corrected chi connectivity index (χ0v) is 58.7. The summed E-state index contributed by atoms with van der Waals surface area (Å²) in [6.07, 6.45) is 20.8. The molecule has 4 aromatic rings. The van der Waals surface area contributed by atoms with Gasteiger partial charge in [-0.05, 0) is 156 Å². The molecular weight excluding hydrogens is 1220 g/mol. The maximum absolute atomic E-state index is 14.4. The molecule has 4 aromatic carbocycles. The zero-order chi connectivity index (χ0) is 69.7. The van der Waals surface area contributed by atoms with E-state index in [0.717, 1.165) is 91.8 Å². The summed E-state index contributed by atoms with van der Waals surface area (Å²) in [5, 5.41) is 20.3. The number of carbonyl (C=O) groups excluding carboxylic acids is 5. The molecule has 0 saturated carbocycles. The molecule has 3 atom stereocenters. The van der Waals surface area contributed by atoms with Gasteiger partial charge < -0.3 is 52.2 Å². The molecule has 0 aromatic heterocycles. The van der Waals surface area contributed by atoms with Crippen LogP contribution in [0.25, 0.3) is 0 Å². The average Bonchev–Trinajstić information content (AvgIpc) is 1.61. The molecule has 0 spiro atoms. The first-order chi connectivity index (χ1) is 46.7. The summed E-state index contributed by atoms with van der Waals surface area (Å²) in [7, 11) is 0. The number of ketones is 2. The molecule has 7 rings (SSSR count). The number of hydrogen-bond acceptors (Lipinski definition) is 10. The molecule has 3 aliphatic rings. The molecule has 522 valence electrons. The van der Waals surface area contributed by atoms with Crippen molar-refractivity contribution in [3.05, 3.63) is 172 Å². The molecule has 2 aliphatic heterocycles. The lowest BCUT2D eigenvalue weighted by Gasteiger charge is -2.27. The van der Waals surface area contributed by atoms with Gasteiger partial charge in [-0.1, -0.05) is 125 Å². The van der Waals surface area contributed by atoms with Crippen LogP contribution >= 0.6 is 0 Å². The SMILES string of the molecule is CCCCC[N+]1=C(/C=C/C2=C(Oc3ccc(CCNC(=O)[C@H](CCCN=C(N)N)CC(=O)[C@H](Cc4ccccc4)NC(=O)CCOCCCC(=O)CCCNC(=O)N[C@@H](C)CCC(=O)O)cc3)C(=C/C=C3/N(CCCC)c4ccccc4C3(C)C)/CCC2)C(C)(C)c2ccccc21. The van der Waals surface area contributed by atoms with E-state index in [4.69, 9.17) is 26.0 Å². The molecule has 97 heavy (non-hydrogen) atoms. The summed E-state index contributed by atoms with van der Waals surface area (Å²) in [5.41, 5.74) is 22.9. The van der Waals surface area contributed by atoms with Gasteiger partial charge in [0, 0.05) is 118 Å². The lowest BCUT2D eigenvalue weighted by atomic mass is 9.81. The Morgan fingerprint density at radius 3 is 2.18 bits per heavy atom. The van der Waals surface area contributed by atoms with Gasteiger partial charge >= 0.3 is 12.0 Å². The number of nitrogens with zero attached hydrogens (tertiary/aromatic N) is 3. The van der Waals surface area contributed by atoms with E-state index in [1.165, 1.54) is 40.3 Å². The number of nitrogens with one attached hydrogen (secondary N) is 4.